The van der Waals surface area contributed by atoms with Crippen LogP contribution in [0.1, 0.15) is 43.2 Å². The highest BCUT2D eigenvalue weighted by Crippen LogP contribution is 2.14. The number of hydrogen-bond donors (Lipinski definition) is 1. The monoisotopic (exact) mass is 407 g/mol. The zero-order valence-corrected chi connectivity index (χ0v) is 17.3. The highest BCUT2D eigenvalue weighted by Gasteiger charge is 2.11. The van der Waals surface area contributed by atoms with Crippen LogP contribution in [0.4, 0.5) is 0 Å². The van der Waals surface area contributed by atoms with E-state index in [1.54, 1.807) is 10.6 Å². The normalized spacial score (nSPS) is 14.8. The summed E-state index contributed by atoms with van der Waals surface area (Å²) in [5.74, 6) is -0.380. The Kier molecular flexibility index (Phi) is 6.64. The molecule has 1 fully saturated rings. The van der Waals surface area contributed by atoms with Crippen LogP contribution in [0.2, 0.25) is 0 Å². The van der Waals surface area contributed by atoms with Crippen LogP contribution in [0.15, 0.2) is 57.7 Å². The van der Waals surface area contributed by atoms with Gasteiger partial charge in [-0.1, -0.05) is 42.8 Å². The number of amides is 1. The van der Waals surface area contributed by atoms with Crippen LogP contribution >= 0.6 is 0 Å². The number of rotatable bonds is 8. The van der Waals surface area contributed by atoms with Crippen molar-refractivity contribution in [3.63, 3.8) is 0 Å². The molecule has 6 nitrogen and oxygen atoms in total. The van der Waals surface area contributed by atoms with Gasteiger partial charge < -0.3 is 9.73 Å². The molecule has 1 amide bonds. The van der Waals surface area contributed by atoms with Crippen molar-refractivity contribution in [1.82, 2.24) is 14.8 Å². The van der Waals surface area contributed by atoms with E-state index < -0.39 is 0 Å². The second-order valence-corrected chi connectivity index (χ2v) is 8.02. The van der Waals surface area contributed by atoms with Crippen molar-refractivity contribution in [3.8, 4) is 0 Å². The fraction of sp³-hybridized carbons (Fsp3) is 0.417. The van der Waals surface area contributed by atoms with Gasteiger partial charge in [-0.3, -0.25) is 14.3 Å². The van der Waals surface area contributed by atoms with Crippen LogP contribution in [-0.4, -0.2) is 28.5 Å². The predicted octanol–water partition coefficient (Wildman–Crippen LogP) is 3.68. The Labute approximate surface area is 176 Å². The van der Waals surface area contributed by atoms with Gasteiger partial charge in [0.05, 0.1) is 5.52 Å². The Morgan fingerprint density at radius 1 is 0.967 bits per heavy atom. The van der Waals surface area contributed by atoms with Crippen LogP contribution in [0.25, 0.3) is 11.1 Å². The number of aromatic nitrogens is 1. The number of piperidine rings is 1. The van der Waals surface area contributed by atoms with Gasteiger partial charge in [0.1, 0.15) is 0 Å². The number of nitrogens with one attached hydrogen (secondary N) is 1. The number of para-hydroxylation sites is 2. The van der Waals surface area contributed by atoms with Crippen LogP contribution in [0, 0.1) is 0 Å². The quantitative estimate of drug-likeness (QED) is 0.619. The molecule has 1 N–H and O–H groups in total. The van der Waals surface area contributed by atoms with Gasteiger partial charge in [-0.25, -0.2) is 4.79 Å². The number of benzene rings is 2. The summed E-state index contributed by atoms with van der Waals surface area (Å²) in [7, 11) is 0. The van der Waals surface area contributed by atoms with Crippen molar-refractivity contribution in [2.75, 3.05) is 13.1 Å². The van der Waals surface area contributed by atoms with E-state index in [1.807, 2.05) is 18.2 Å². The summed E-state index contributed by atoms with van der Waals surface area (Å²) in [5.41, 5.74) is 3.77. The summed E-state index contributed by atoms with van der Waals surface area (Å²) in [5, 5.41) is 2.97. The molecule has 0 spiro atoms. The molecule has 0 radical (unpaired) electrons. The molecule has 0 saturated carbocycles. The zero-order valence-electron chi connectivity index (χ0n) is 17.3. The first kappa shape index (κ1) is 20.4. The minimum absolute atomic E-state index is 0.00626. The fourth-order valence-corrected chi connectivity index (χ4v) is 4.05. The second kappa shape index (κ2) is 9.76. The molecule has 158 valence electrons. The van der Waals surface area contributed by atoms with E-state index in [-0.39, 0.29) is 11.7 Å². The molecule has 0 bridgehead atoms. The number of oxazole rings is 1. The molecule has 2 aromatic carbocycles. The van der Waals surface area contributed by atoms with Gasteiger partial charge in [-0.05, 0) is 55.6 Å². The van der Waals surface area contributed by atoms with Crippen molar-refractivity contribution in [1.29, 1.82) is 0 Å². The first-order valence-electron chi connectivity index (χ1n) is 10.8. The third-order valence-corrected chi connectivity index (χ3v) is 5.73. The van der Waals surface area contributed by atoms with Gasteiger partial charge in [-0.2, -0.15) is 0 Å². The largest absolute Gasteiger partial charge is 0.419 e. The topological polar surface area (TPSA) is 67.5 Å². The molecule has 1 aromatic heterocycles. The lowest BCUT2D eigenvalue weighted by Gasteiger charge is -2.26. The maximum absolute atomic E-state index is 12.2. The zero-order chi connectivity index (χ0) is 20.8. The van der Waals surface area contributed by atoms with Crippen molar-refractivity contribution in [2.45, 2.75) is 51.7 Å². The number of likely N-dealkylation sites (tertiary alicyclic amines) is 1. The van der Waals surface area contributed by atoms with E-state index in [0.29, 0.717) is 31.5 Å². The summed E-state index contributed by atoms with van der Waals surface area (Å²) < 4.78 is 6.81. The Morgan fingerprint density at radius 3 is 2.50 bits per heavy atom. The summed E-state index contributed by atoms with van der Waals surface area (Å²) in [6, 6.07) is 15.8. The average molecular weight is 408 g/mol. The molecule has 30 heavy (non-hydrogen) atoms. The minimum Gasteiger partial charge on any atom is -0.408 e. The molecule has 0 atom stereocenters. The van der Waals surface area contributed by atoms with Gasteiger partial charge in [-0.15, -0.1) is 0 Å². The molecule has 2 heterocycles. The van der Waals surface area contributed by atoms with Crippen LogP contribution in [0.3, 0.4) is 0 Å². The second-order valence-electron chi connectivity index (χ2n) is 8.02. The number of carbonyl (C=O) groups is 1. The van der Waals surface area contributed by atoms with Gasteiger partial charge in [0.2, 0.25) is 5.91 Å². The Balaban J connectivity index is 1.21. The van der Waals surface area contributed by atoms with Crippen molar-refractivity contribution in [3.05, 3.63) is 70.2 Å². The molecule has 0 aliphatic carbocycles. The van der Waals surface area contributed by atoms with Crippen molar-refractivity contribution in [2.24, 2.45) is 0 Å². The maximum Gasteiger partial charge on any atom is 0.419 e. The Bertz CT molecular complexity index is 1030. The standard InChI is InChI=1S/C24H29N3O3/c28-23(9-6-16-27-21-7-2-3-8-22(21)30-24(27)29)25-17-19-10-12-20(13-11-19)18-26-14-4-1-5-15-26/h2-3,7-8,10-13H,1,4-6,9,14-18H2,(H,25,28). The number of carbonyl (C=O) groups excluding carboxylic acids is 1. The van der Waals surface area contributed by atoms with Crippen molar-refractivity contribution >= 4 is 17.0 Å². The van der Waals surface area contributed by atoms with E-state index in [1.165, 1.54) is 37.9 Å². The fourth-order valence-electron chi connectivity index (χ4n) is 4.05. The van der Waals surface area contributed by atoms with Gasteiger partial charge in [0.25, 0.3) is 0 Å². The third kappa shape index (κ3) is 5.19. The van der Waals surface area contributed by atoms with E-state index in [2.05, 4.69) is 34.5 Å². The highest BCUT2D eigenvalue weighted by molar-refractivity contribution is 5.76. The lowest BCUT2D eigenvalue weighted by molar-refractivity contribution is -0.121. The number of hydrogen-bond acceptors (Lipinski definition) is 4. The Hall–Kier alpha value is -2.86. The van der Waals surface area contributed by atoms with E-state index >= 15 is 0 Å². The van der Waals surface area contributed by atoms with E-state index in [0.717, 1.165) is 17.6 Å². The van der Waals surface area contributed by atoms with Crippen LogP contribution in [0.5, 0.6) is 0 Å². The number of fused-ring (bicyclic) bond motifs is 1. The summed E-state index contributed by atoms with van der Waals surface area (Å²) in [6.07, 6.45) is 4.92. The smallest absolute Gasteiger partial charge is 0.408 e. The third-order valence-electron chi connectivity index (χ3n) is 5.73. The molecule has 1 aliphatic rings. The first-order valence-corrected chi connectivity index (χ1v) is 10.8. The number of aryl methyl sites for hydroxylation is 1. The average Bonchev–Trinajstić information content (AvgIpc) is 3.09. The molecule has 4 rings (SSSR count). The van der Waals surface area contributed by atoms with E-state index in [9.17, 15) is 9.59 Å². The number of nitrogens with zero attached hydrogens (tertiary/aromatic N) is 2. The molecule has 0 unspecified atom stereocenters. The molecule has 6 heteroatoms. The minimum atomic E-state index is -0.374. The summed E-state index contributed by atoms with van der Waals surface area (Å²) in [4.78, 5) is 26.7. The molecular weight excluding hydrogens is 378 g/mol. The highest BCUT2D eigenvalue weighted by atomic mass is 16.4. The lowest BCUT2D eigenvalue weighted by atomic mass is 10.1. The first-order chi connectivity index (χ1) is 14.7. The molecule has 1 aliphatic heterocycles. The van der Waals surface area contributed by atoms with E-state index in [4.69, 9.17) is 4.42 Å². The summed E-state index contributed by atoms with van der Waals surface area (Å²) in [6.45, 7) is 4.39. The van der Waals surface area contributed by atoms with Crippen LogP contribution in [-0.2, 0) is 24.4 Å². The van der Waals surface area contributed by atoms with Gasteiger partial charge >= 0.3 is 5.76 Å². The lowest BCUT2D eigenvalue weighted by Crippen LogP contribution is -2.29. The molecule has 1 saturated heterocycles. The summed E-state index contributed by atoms with van der Waals surface area (Å²) >= 11 is 0. The molecular formula is C24H29N3O3. The SMILES string of the molecule is O=C(CCCn1c(=O)oc2ccccc21)NCc1ccc(CN2CCCCC2)cc1. The van der Waals surface area contributed by atoms with Crippen molar-refractivity contribution < 1.29 is 9.21 Å². The predicted molar refractivity (Wildman–Crippen MR) is 117 cm³/mol. The van der Waals surface area contributed by atoms with Gasteiger partial charge in [0, 0.05) is 26.1 Å². The van der Waals surface area contributed by atoms with Crippen LogP contribution < -0.4 is 11.1 Å². The van der Waals surface area contributed by atoms with Gasteiger partial charge in [0.15, 0.2) is 5.58 Å². The maximum atomic E-state index is 12.2. The Morgan fingerprint density at radius 2 is 1.70 bits per heavy atom. The molecule has 3 aromatic rings.